The third-order valence-electron chi connectivity index (χ3n) is 5.16. The minimum absolute atomic E-state index is 0.166. The number of aryl methyl sites for hydroxylation is 1. The highest BCUT2D eigenvalue weighted by Crippen LogP contribution is 2.23. The molecule has 0 radical (unpaired) electrons. The van der Waals surface area contributed by atoms with E-state index in [0.29, 0.717) is 24.4 Å². The zero-order valence-corrected chi connectivity index (χ0v) is 15.1. The number of hydrogen-bond acceptors (Lipinski definition) is 3. The van der Waals surface area contributed by atoms with Gasteiger partial charge >= 0.3 is 0 Å². The van der Waals surface area contributed by atoms with Crippen molar-refractivity contribution >= 4 is 17.7 Å². The molecule has 3 rings (SSSR count). The topological polar surface area (TPSA) is 23.6 Å². The van der Waals surface area contributed by atoms with Gasteiger partial charge < -0.3 is 4.90 Å². The molecule has 0 aliphatic carbocycles. The van der Waals surface area contributed by atoms with E-state index in [0.717, 1.165) is 32.6 Å². The summed E-state index contributed by atoms with van der Waals surface area (Å²) in [5, 5.41) is 0. The average Bonchev–Trinajstić information content (AvgIpc) is 2.88. The first-order chi connectivity index (χ1) is 11.7. The Hall–Kier alpha value is -1.07. The number of halogens is 1. The van der Waals surface area contributed by atoms with Crippen LogP contribution in [0.2, 0.25) is 0 Å². The highest BCUT2D eigenvalue weighted by Gasteiger charge is 2.25. The van der Waals surface area contributed by atoms with E-state index in [-0.39, 0.29) is 11.7 Å². The molecule has 1 aromatic rings. The number of thioether (sulfide) groups is 1. The molecule has 1 amide bonds. The van der Waals surface area contributed by atoms with Crippen LogP contribution in [0.4, 0.5) is 4.39 Å². The van der Waals surface area contributed by atoms with Gasteiger partial charge in [-0.05, 0) is 48.8 Å². The van der Waals surface area contributed by atoms with Crippen LogP contribution in [0.25, 0.3) is 0 Å². The molecule has 0 saturated carbocycles. The Morgan fingerprint density at radius 2 is 1.92 bits per heavy atom. The number of nitrogens with zero attached hydrogens (tertiary/aromatic N) is 2. The molecule has 0 bridgehead atoms. The Labute approximate surface area is 148 Å². The third-order valence-corrected chi connectivity index (χ3v) is 6.21. The second-order valence-electron chi connectivity index (χ2n) is 6.71. The van der Waals surface area contributed by atoms with Gasteiger partial charge in [0.15, 0.2) is 0 Å². The largest absolute Gasteiger partial charge is 0.341 e. The molecule has 5 heteroatoms. The molecule has 0 unspecified atom stereocenters. The Morgan fingerprint density at radius 1 is 1.12 bits per heavy atom. The summed E-state index contributed by atoms with van der Waals surface area (Å²) in [6.07, 6.45) is 4.51. The van der Waals surface area contributed by atoms with Gasteiger partial charge in [0.25, 0.3) is 0 Å². The summed E-state index contributed by atoms with van der Waals surface area (Å²) < 4.78 is 13.7. The molecule has 0 aromatic heterocycles. The molecular weight excluding hydrogens is 323 g/mol. The second kappa shape index (κ2) is 8.86. The molecule has 2 aliphatic heterocycles. The fourth-order valence-corrected chi connectivity index (χ4v) is 4.78. The van der Waals surface area contributed by atoms with E-state index in [1.807, 2.05) is 11.0 Å². The van der Waals surface area contributed by atoms with Crippen molar-refractivity contribution in [3.63, 3.8) is 0 Å². The van der Waals surface area contributed by atoms with Crippen LogP contribution in [-0.2, 0) is 11.2 Å². The monoisotopic (exact) mass is 350 g/mol. The molecular formula is C19H27FN2OS. The quantitative estimate of drug-likeness (QED) is 0.833. The summed E-state index contributed by atoms with van der Waals surface area (Å²) in [5.74, 6) is 2.50. The fourth-order valence-electron chi connectivity index (χ4n) is 3.70. The lowest BCUT2D eigenvalue weighted by atomic mass is 10.1. The number of rotatable bonds is 4. The third kappa shape index (κ3) is 4.73. The Balaban J connectivity index is 1.48. The maximum Gasteiger partial charge on any atom is 0.222 e. The average molecular weight is 351 g/mol. The van der Waals surface area contributed by atoms with Gasteiger partial charge in [-0.3, -0.25) is 9.69 Å². The number of carbonyl (C=O) groups is 1. The van der Waals surface area contributed by atoms with E-state index in [2.05, 4.69) is 16.7 Å². The Bertz CT molecular complexity index is 548. The first kappa shape index (κ1) is 17.7. The Morgan fingerprint density at radius 3 is 2.71 bits per heavy atom. The van der Waals surface area contributed by atoms with Crippen molar-refractivity contribution in [1.82, 2.24) is 9.80 Å². The van der Waals surface area contributed by atoms with Crippen LogP contribution < -0.4 is 0 Å². The van der Waals surface area contributed by atoms with Gasteiger partial charge in [0.1, 0.15) is 5.82 Å². The highest BCUT2D eigenvalue weighted by molar-refractivity contribution is 7.99. The van der Waals surface area contributed by atoms with E-state index in [1.165, 1.54) is 30.4 Å². The molecule has 2 heterocycles. The first-order valence-electron chi connectivity index (χ1n) is 9.07. The normalized spacial score (nSPS) is 20.8. The molecule has 2 fully saturated rings. The fraction of sp³-hybridized carbons (Fsp3) is 0.632. The summed E-state index contributed by atoms with van der Waals surface area (Å²) in [5.41, 5.74) is 0.641. The molecule has 24 heavy (non-hydrogen) atoms. The van der Waals surface area contributed by atoms with Gasteiger partial charge in [0.2, 0.25) is 5.91 Å². The van der Waals surface area contributed by atoms with Crippen LogP contribution in [0.3, 0.4) is 0 Å². The second-order valence-corrected chi connectivity index (χ2v) is 7.93. The summed E-state index contributed by atoms with van der Waals surface area (Å²) in [6.45, 7) is 3.75. The van der Waals surface area contributed by atoms with E-state index >= 15 is 0 Å². The van der Waals surface area contributed by atoms with Gasteiger partial charge in [0, 0.05) is 38.6 Å². The van der Waals surface area contributed by atoms with Gasteiger partial charge in [-0.1, -0.05) is 18.2 Å². The summed E-state index contributed by atoms with van der Waals surface area (Å²) >= 11 is 2.06. The smallest absolute Gasteiger partial charge is 0.222 e. The first-order valence-corrected chi connectivity index (χ1v) is 10.2. The number of hydrogen-bond donors (Lipinski definition) is 0. The van der Waals surface area contributed by atoms with Gasteiger partial charge in [-0.2, -0.15) is 11.8 Å². The maximum atomic E-state index is 13.7. The zero-order chi connectivity index (χ0) is 16.8. The minimum atomic E-state index is -0.206. The van der Waals surface area contributed by atoms with Crippen LogP contribution in [0.15, 0.2) is 24.3 Å². The minimum Gasteiger partial charge on any atom is -0.341 e. The van der Waals surface area contributed by atoms with Crippen molar-refractivity contribution in [2.45, 2.75) is 38.1 Å². The van der Waals surface area contributed by atoms with Crippen molar-refractivity contribution in [3.05, 3.63) is 35.6 Å². The molecule has 2 aliphatic rings. The van der Waals surface area contributed by atoms with E-state index < -0.39 is 0 Å². The van der Waals surface area contributed by atoms with E-state index in [9.17, 15) is 9.18 Å². The van der Waals surface area contributed by atoms with Crippen molar-refractivity contribution in [2.75, 3.05) is 37.7 Å². The van der Waals surface area contributed by atoms with Gasteiger partial charge in [-0.25, -0.2) is 4.39 Å². The van der Waals surface area contributed by atoms with Crippen molar-refractivity contribution in [3.8, 4) is 0 Å². The summed E-state index contributed by atoms with van der Waals surface area (Å²) in [7, 11) is 0. The Kier molecular flexibility index (Phi) is 6.55. The van der Waals surface area contributed by atoms with Crippen LogP contribution in [0, 0.1) is 5.82 Å². The molecule has 0 N–H and O–H groups in total. The van der Waals surface area contributed by atoms with Crippen molar-refractivity contribution in [1.29, 1.82) is 0 Å². The maximum absolute atomic E-state index is 13.7. The van der Waals surface area contributed by atoms with E-state index in [1.54, 1.807) is 12.1 Å². The summed E-state index contributed by atoms with van der Waals surface area (Å²) in [6, 6.07) is 7.46. The van der Waals surface area contributed by atoms with Crippen LogP contribution in [-0.4, -0.2) is 59.4 Å². The molecule has 0 atom stereocenters. The highest BCUT2D eigenvalue weighted by atomic mass is 32.2. The lowest BCUT2D eigenvalue weighted by Crippen LogP contribution is -2.41. The molecule has 0 spiro atoms. The zero-order valence-electron chi connectivity index (χ0n) is 14.3. The lowest BCUT2D eigenvalue weighted by Gasteiger charge is -2.33. The number of benzene rings is 1. The lowest BCUT2D eigenvalue weighted by molar-refractivity contribution is -0.131. The van der Waals surface area contributed by atoms with Crippen LogP contribution in [0.1, 0.15) is 31.2 Å². The standard InChI is InChI=1S/C19H27FN2OS/c20-18-5-2-1-4-16(18)6-7-19(23)22-11-3-10-21(12-13-22)17-8-14-24-15-9-17/h1-2,4-5,17H,3,6-15H2. The molecule has 3 nitrogen and oxygen atoms in total. The van der Waals surface area contributed by atoms with Gasteiger partial charge in [0.05, 0.1) is 0 Å². The van der Waals surface area contributed by atoms with Gasteiger partial charge in [-0.15, -0.1) is 0 Å². The van der Waals surface area contributed by atoms with Crippen LogP contribution >= 0.6 is 11.8 Å². The number of amides is 1. The number of carbonyl (C=O) groups excluding carboxylic acids is 1. The van der Waals surface area contributed by atoms with E-state index in [4.69, 9.17) is 0 Å². The van der Waals surface area contributed by atoms with Crippen molar-refractivity contribution in [2.24, 2.45) is 0 Å². The SMILES string of the molecule is O=C(CCc1ccccc1F)N1CCCN(C2CCSCC2)CC1. The van der Waals surface area contributed by atoms with Crippen LogP contribution in [0.5, 0.6) is 0 Å². The molecule has 1 aromatic carbocycles. The predicted octanol–water partition coefficient (Wildman–Crippen LogP) is 3.19. The van der Waals surface area contributed by atoms with Crippen molar-refractivity contribution < 1.29 is 9.18 Å². The molecule has 132 valence electrons. The molecule has 2 saturated heterocycles. The predicted molar refractivity (Wildman–Crippen MR) is 97.8 cm³/mol. The summed E-state index contributed by atoms with van der Waals surface area (Å²) in [4.78, 5) is 17.1.